The second kappa shape index (κ2) is 5.28. The fourth-order valence-electron chi connectivity index (χ4n) is 3.05. The maximum absolute atomic E-state index is 13.2. The highest BCUT2D eigenvalue weighted by Crippen LogP contribution is 2.34. The molecule has 7 heteroatoms. The Balaban J connectivity index is 1.89. The predicted molar refractivity (Wildman–Crippen MR) is 91.4 cm³/mol. The minimum absolute atomic E-state index is 0.233. The van der Waals surface area contributed by atoms with E-state index in [1.807, 2.05) is 19.1 Å². The Morgan fingerprint density at radius 1 is 1.17 bits per heavy atom. The number of sulfonamides is 1. The Hall–Kier alpha value is -1.99. The molecule has 0 N–H and O–H groups in total. The predicted octanol–water partition coefficient (Wildman–Crippen LogP) is 3.14. The lowest BCUT2D eigenvalue weighted by Crippen LogP contribution is -2.35. The number of aromatic nitrogens is 2. The number of hydrogen-bond donors (Lipinski definition) is 0. The van der Waals surface area contributed by atoms with Crippen molar-refractivity contribution in [2.45, 2.75) is 24.7 Å². The Kier molecular flexibility index (Phi) is 3.35. The van der Waals surface area contributed by atoms with Gasteiger partial charge in [-0.25, -0.2) is 8.42 Å². The summed E-state index contributed by atoms with van der Waals surface area (Å²) >= 11 is 1.03. The van der Waals surface area contributed by atoms with Gasteiger partial charge in [-0.05, 0) is 43.5 Å². The number of benzene rings is 2. The van der Waals surface area contributed by atoms with Gasteiger partial charge in [-0.1, -0.05) is 23.8 Å². The summed E-state index contributed by atoms with van der Waals surface area (Å²) in [6, 6.07) is 11.0. The molecule has 1 aliphatic heterocycles. The van der Waals surface area contributed by atoms with Crippen molar-refractivity contribution in [1.29, 1.82) is 0 Å². The van der Waals surface area contributed by atoms with E-state index in [9.17, 15) is 8.42 Å². The van der Waals surface area contributed by atoms with Crippen LogP contribution < -0.4 is 4.31 Å². The summed E-state index contributed by atoms with van der Waals surface area (Å²) in [5.41, 5.74) is 4.09. The Labute approximate surface area is 139 Å². The Morgan fingerprint density at radius 3 is 2.91 bits per heavy atom. The minimum atomic E-state index is -3.65. The van der Waals surface area contributed by atoms with E-state index in [1.54, 1.807) is 18.2 Å². The van der Waals surface area contributed by atoms with E-state index in [-0.39, 0.29) is 4.90 Å². The Morgan fingerprint density at radius 2 is 2.04 bits per heavy atom. The molecule has 1 aliphatic rings. The molecule has 0 atom stereocenters. The van der Waals surface area contributed by atoms with Crippen LogP contribution in [0.15, 0.2) is 41.3 Å². The van der Waals surface area contributed by atoms with E-state index in [0.717, 1.165) is 41.4 Å². The van der Waals surface area contributed by atoms with Crippen LogP contribution in [0.2, 0.25) is 0 Å². The number of hydrogen-bond acceptors (Lipinski definition) is 5. The largest absolute Gasteiger partial charge is 0.266 e. The average molecular weight is 345 g/mol. The molecule has 0 spiro atoms. The van der Waals surface area contributed by atoms with Gasteiger partial charge in [0.05, 0.1) is 17.4 Å². The van der Waals surface area contributed by atoms with Crippen LogP contribution in [0, 0.1) is 6.92 Å². The molecule has 0 radical (unpaired) electrons. The summed E-state index contributed by atoms with van der Waals surface area (Å²) in [5.74, 6) is 0. The van der Waals surface area contributed by atoms with Crippen molar-refractivity contribution in [3.63, 3.8) is 0 Å². The maximum Gasteiger partial charge on any atom is 0.266 e. The normalized spacial score (nSPS) is 14.9. The summed E-state index contributed by atoms with van der Waals surface area (Å²) in [5, 5.41) is 0. The monoisotopic (exact) mass is 345 g/mol. The lowest BCUT2D eigenvalue weighted by Gasteiger charge is -2.30. The molecule has 0 aliphatic carbocycles. The van der Waals surface area contributed by atoms with Crippen molar-refractivity contribution in [1.82, 2.24) is 8.75 Å². The molecule has 5 nitrogen and oxygen atoms in total. The highest BCUT2D eigenvalue weighted by molar-refractivity contribution is 7.93. The fraction of sp³-hybridized carbons (Fsp3) is 0.250. The molecular weight excluding hydrogens is 330 g/mol. The number of aryl methyl sites for hydroxylation is 2. The van der Waals surface area contributed by atoms with Gasteiger partial charge in [0.15, 0.2) is 0 Å². The third-order valence-corrected chi connectivity index (χ3v) is 6.52. The first kappa shape index (κ1) is 14.6. The first-order chi connectivity index (χ1) is 11.1. The van der Waals surface area contributed by atoms with Gasteiger partial charge in [0.25, 0.3) is 10.0 Å². The molecule has 23 heavy (non-hydrogen) atoms. The summed E-state index contributed by atoms with van der Waals surface area (Å²) in [6.07, 6.45) is 1.73. The first-order valence-electron chi connectivity index (χ1n) is 7.41. The van der Waals surface area contributed by atoms with Crippen LogP contribution in [0.1, 0.15) is 17.5 Å². The average Bonchev–Trinajstić information content (AvgIpc) is 3.02. The van der Waals surface area contributed by atoms with Crippen LogP contribution in [-0.2, 0) is 16.4 Å². The minimum Gasteiger partial charge on any atom is -0.266 e. The van der Waals surface area contributed by atoms with Gasteiger partial charge in [0.2, 0.25) is 0 Å². The molecule has 0 amide bonds. The van der Waals surface area contributed by atoms with E-state index >= 15 is 0 Å². The molecule has 0 bridgehead atoms. The number of rotatable bonds is 2. The third kappa shape index (κ3) is 2.31. The van der Waals surface area contributed by atoms with Gasteiger partial charge < -0.3 is 0 Å². The van der Waals surface area contributed by atoms with Crippen LogP contribution in [0.25, 0.3) is 11.0 Å². The highest BCUT2D eigenvalue weighted by atomic mass is 32.2. The second-order valence-corrected chi connectivity index (χ2v) is 8.06. The van der Waals surface area contributed by atoms with E-state index in [1.165, 1.54) is 4.31 Å². The molecule has 2 aromatic carbocycles. The van der Waals surface area contributed by atoms with Gasteiger partial charge >= 0.3 is 0 Å². The lowest BCUT2D eigenvalue weighted by molar-refractivity contribution is 0.587. The summed E-state index contributed by atoms with van der Waals surface area (Å²) in [4.78, 5) is 0.233. The van der Waals surface area contributed by atoms with E-state index < -0.39 is 10.0 Å². The van der Waals surface area contributed by atoms with E-state index in [2.05, 4.69) is 14.8 Å². The van der Waals surface area contributed by atoms with E-state index in [4.69, 9.17) is 0 Å². The third-order valence-electron chi connectivity index (χ3n) is 4.13. The molecule has 0 saturated carbocycles. The highest BCUT2D eigenvalue weighted by Gasteiger charge is 2.31. The molecular formula is C16H15N3O2S2. The van der Waals surface area contributed by atoms with Gasteiger partial charge in [0.1, 0.15) is 15.9 Å². The molecule has 4 rings (SSSR count). The lowest BCUT2D eigenvalue weighted by atomic mass is 10.0. The zero-order valence-electron chi connectivity index (χ0n) is 12.6. The van der Waals surface area contributed by atoms with Crippen molar-refractivity contribution >= 4 is 38.5 Å². The van der Waals surface area contributed by atoms with Crippen LogP contribution in [0.4, 0.5) is 5.69 Å². The molecule has 0 unspecified atom stereocenters. The molecule has 2 heterocycles. The van der Waals surface area contributed by atoms with Crippen molar-refractivity contribution in [2.24, 2.45) is 0 Å². The fourth-order valence-corrected chi connectivity index (χ4v) is 5.35. The number of anilines is 1. The van der Waals surface area contributed by atoms with Gasteiger partial charge in [-0.15, -0.1) is 0 Å². The molecule has 0 fully saturated rings. The Bertz CT molecular complexity index is 995. The van der Waals surface area contributed by atoms with Crippen molar-refractivity contribution < 1.29 is 8.42 Å². The molecule has 118 valence electrons. The number of nitrogens with zero attached hydrogens (tertiary/aromatic N) is 3. The summed E-state index contributed by atoms with van der Waals surface area (Å²) in [7, 11) is -3.65. The smallest absolute Gasteiger partial charge is 0.266 e. The quantitative estimate of drug-likeness (QED) is 0.716. The van der Waals surface area contributed by atoms with Gasteiger partial charge in [-0.2, -0.15) is 8.75 Å². The van der Waals surface area contributed by atoms with Gasteiger partial charge in [0, 0.05) is 6.54 Å². The molecule has 1 aromatic heterocycles. The van der Waals surface area contributed by atoms with Crippen molar-refractivity contribution in [3.8, 4) is 0 Å². The van der Waals surface area contributed by atoms with Crippen molar-refractivity contribution in [2.75, 3.05) is 10.8 Å². The maximum atomic E-state index is 13.2. The van der Waals surface area contributed by atoms with E-state index in [0.29, 0.717) is 17.6 Å². The van der Waals surface area contributed by atoms with Crippen LogP contribution in [-0.4, -0.2) is 23.7 Å². The first-order valence-corrected chi connectivity index (χ1v) is 9.58. The van der Waals surface area contributed by atoms with Crippen LogP contribution in [0.5, 0.6) is 0 Å². The second-order valence-electron chi connectivity index (χ2n) is 5.70. The molecule has 3 aromatic rings. The standard InChI is InChI=1S/C16H15N3O2S2/c1-11-7-8-14-12(10-11)4-3-9-19(14)23(20,21)15-6-2-5-13-16(15)18-22-17-13/h2,5-8,10H,3-4,9H2,1H3. The van der Waals surface area contributed by atoms with Crippen molar-refractivity contribution in [3.05, 3.63) is 47.5 Å². The van der Waals surface area contributed by atoms with Crippen LogP contribution >= 0.6 is 11.7 Å². The SMILES string of the molecule is Cc1ccc2c(c1)CCCN2S(=O)(=O)c1cccc2nsnc12. The molecule has 0 saturated heterocycles. The topological polar surface area (TPSA) is 63.2 Å². The summed E-state index contributed by atoms with van der Waals surface area (Å²) in [6.45, 7) is 2.52. The van der Waals surface area contributed by atoms with Crippen LogP contribution in [0.3, 0.4) is 0 Å². The summed E-state index contributed by atoms with van der Waals surface area (Å²) < 4.78 is 36.2. The van der Waals surface area contributed by atoms with Gasteiger partial charge in [-0.3, -0.25) is 4.31 Å². The zero-order valence-corrected chi connectivity index (χ0v) is 14.2. The number of fused-ring (bicyclic) bond motifs is 2. The zero-order chi connectivity index (χ0) is 16.0.